The number of nitrogens with zero attached hydrogens (tertiary/aromatic N) is 2. The molecule has 0 radical (unpaired) electrons. The maximum absolute atomic E-state index is 5.15. The SMILES string of the molecule is COCCN(C)c1nc(C(C)(C)C)c(CNCC(C)C)s1. The molecule has 0 aliphatic carbocycles. The van der Waals surface area contributed by atoms with E-state index >= 15 is 0 Å². The van der Waals surface area contributed by atoms with E-state index in [-0.39, 0.29) is 5.41 Å². The number of thiazole rings is 1. The Morgan fingerprint density at radius 3 is 2.52 bits per heavy atom. The number of aromatic nitrogens is 1. The van der Waals surface area contributed by atoms with Crippen LogP contribution in [-0.4, -0.2) is 38.8 Å². The molecular weight excluding hydrogens is 282 g/mol. The van der Waals surface area contributed by atoms with Crippen molar-refractivity contribution in [3.63, 3.8) is 0 Å². The fraction of sp³-hybridized carbons (Fsp3) is 0.812. The third-order valence-corrected chi connectivity index (χ3v) is 4.36. The molecule has 4 nitrogen and oxygen atoms in total. The van der Waals surface area contributed by atoms with Gasteiger partial charge in [0, 0.05) is 37.5 Å². The van der Waals surface area contributed by atoms with Crippen LogP contribution in [0, 0.1) is 5.92 Å². The zero-order valence-corrected chi connectivity index (χ0v) is 15.4. The van der Waals surface area contributed by atoms with Crippen molar-refractivity contribution < 1.29 is 4.74 Å². The zero-order chi connectivity index (χ0) is 16.0. The fourth-order valence-corrected chi connectivity index (χ4v) is 3.23. The highest BCUT2D eigenvalue weighted by atomic mass is 32.1. The van der Waals surface area contributed by atoms with Gasteiger partial charge in [-0.05, 0) is 12.5 Å². The van der Waals surface area contributed by atoms with Crippen molar-refractivity contribution in [2.24, 2.45) is 5.92 Å². The molecule has 0 aliphatic heterocycles. The van der Waals surface area contributed by atoms with Gasteiger partial charge >= 0.3 is 0 Å². The van der Waals surface area contributed by atoms with E-state index in [2.05, 4.69) is 51.9 Å². The molecule has 1 heterocycles. The summed E-state index contributed by atoms with van der Waals surface area (Å²) in [5, 5.41) is 4.62. The highest BCUT2D eigenvalue weighted by Crippen LogP contribution is 2.33. The zero-order valence-electron chi connectivity index (χ0n) is 14.6. The van der Waals surface area contributed by atoms with Crippen LogP contribution in [0.15, 0.2) is 0 Å². The Hall–Kier alpha value is -0.650. The molecule has 0 fully saturated rings. The minimum Gasteiger partial charge on any atom is -0.383 e. The maximum atomic E-state index is 5.15. The summed E-state index contributed by atoms with van der Waals surface area (Å²) in [6, 6.07) is 0. The molecule has 1 aromatic heterocycles. The first-order valence-corrected chi connectivity index (χ1v) is 8.48. The van der Waals surface area contributed by atoms with Crippen molar-refractivity contribution in [2.75, 3.05) is 38.8 Å². The average Bonchev–Trinajstić information content (AvgIpc) is 2.79. The summed E-state index contributed by atoms with van der Waals surface area (Å²) in [4.78, 5) is 8.41. The van der Waals surface area contributed by atoms with Gasteiger partial charge in [-0.3, -0.25) is 0 Å². The van der Waals surface area contributed by atoms with Gasteiger partial charge in [0.2, 0.25) is 0 Å². The molecule has 1 aromatic rings. The lowest BCUT2D eigenvalue weighted by atomic mass is 9.91. The molecule has 0 aliphatic rings. The van der Waals surface area contributed by atoms with Crippen LogP contribution in [0.2, 0.25) is 0 Å². The Bertz CT molecular complexity index is 424. The fourth-order valence-electron chi connectivity index (χ4n) is 2.01. The molecule has 0 amide bonds. The largest absolute Gasteiger partial charge is 0.383 e. The third kappa shape index (κ3) is 5.93. The van der Waals surface area contributed by atoms with Gasteiger partial charge < -0.3 is 15.0 Å². The molecule has 0 bridgehead atoms. The number of hydrogen-bond donors (Lipinski definition) is 1. The lowest BCUT2D eigenvalue weighted by Gasteiger charge is -2.18. The number of anilines is 1. The van der Waals surface area contributed by atoms with Crippen LogP contribution in [0.5, 0.6) is 0 Å². The quantitative estimate of drug-likeness (QED) is 0.799. The van der Waals surface area contributed by atoms with Gasteiger partial charge in [-0.1, -0.05) is 34.6 Å². The summed E-state index contributed by atoms with van der Waals surface area (Å²) in [5.74, 6) is 0.667. The van der Waals surface area contributed by atoms with Gasteiger partial charge in [0.25, 0.3) is 0 Å². The maximum Gasteiger partial charge on any atom is 0.185 e. The van der Waals surface area contributed by atoms with E-state index in [9.17, 15) is 0 Å². The van der Waals surface area contributed by atoms with Crippen LogP contribution in [0.4, 0.5) is 5.13 Å². The molecule has 0 saturated carbocycles. The first kappa shape index (κ1) is 18.4. The Kier molecular flexibility index (Phi) is 7.10. The highest BCUT2D eigenvalue weighted by molar-refractivity contribution is 7.15. The van der Waals surface area contributed by atoms with E-state index in [1.54, 1.807) is 18.4 Å². The topological polar surface area (TPSA) is 37.4 Å². The number of rotatable bonds is 8. The predicted molar refractivity (Wildman–Crippen MR) is 92.5 cm³/mol. The second kappa shape index (κ2) is 8.11. The molecule has 0 unspecified atom stereocenters. The number of methoxy groups -OCH3 is 1. The number of ether oxygens (including phenoxy) is 1. The average molecular weight is 314 g/mol. The van der Waals surface area contributed by atoms with Crippen molar-refractivity contribution in [1.82, 2.24) is 10.3 Å². The minimum absolute atomic E-state index is 0.0751. The van der Waals surface area contributed by atoms with E-state index in [4.69, 9.17) is 9.72 Å². The van der Waals surface area contributed by atoms with Crippen molar-refractivity contribution >= 4 is 16.5 Å². The summed E-state index contributed by atoms with van der Waals surface area (Å²) in [5.41, 5.74) is 1.29. The van der Waals surface area contributed by atoms with Crippen molar-refractivity contribution in [3.05, 3.63) is 10.6 Å². The van der Waals surface area contributed by atoms with Gasteiger partial charge in [0.15, 0.2) is 5.13 Å². The predicted octanol–water partition coefficient (Wildman–Crippen LogP) is 3.27. The summed E-state index contributed by atoms with van der Waals surface area (Å²) < 4.78 is 5.15. The van der Waals surface area contributed by atoms with Crippen LogP contribution >= 0.6 is 11.3 Å². The monoisotopic (exact) mass is 313 g/mol. The van der Waals surface area contributed by atoms with Crippen molar-refractivity contribution in [3.8, 4) is 0 Å². The third-order valence-electron chi connectivity index (χ3n) is 3.19. The number of hydrogen-bond acceptors (Lipinski definition) is 5. The van der Waals surface area contributed by atoms with E-state index in [1.807, 2.05) is 0 Å². The van der Waals surface area contributed by atoms with Crippen LogP contribution in [-0.2, 0) is 16.7 Å². The first-order valence-electron chi connectivity index (χ1n) is 7.66. The first-order chi connectivity index (χ1) is 9.75. The lowest BCUT2D eigenvalue weighted by Crippen LogP contribution is -2.23. The van der Waals surface area contributed by atoms with Crippen LogP contribution in [0.25, 0.3) is 0 Å². The summed E-state index contributed by atoms with van der Waals surface area (Å²) in [6.07, 6.45) is 0. The molecule has 1 N–H and O–H groups in total. The summed E-state index contributed by atoms with van der Waals surface area (Å²) in [7, 11) is 3.81. The lowest BCUT2D eigenvalue weighted by molar-refractivity contribution is 0.206. The summed E-state index contributed by atoms with van der Waals surface area (Å²) in [6.45, 7) is 14.7. The summed E-state index contributed by atoms with van der Waals surface area (Å²) >= 11 is 1.79. The van der Waals surface area contributed by atoms with Gasteiger partial charge in [-0.25, -0.2) is 4.98 Å². The second-order valence-electron chi connectivity index (χ2n) is 6.96. The molecule has 21 heavy (non-hydrogen) atoms. The Labute approximate surface area is 133 Å². The molecule has 5 heteroatoms. The minimum atomic E-state index is 0.0751. The van der Waals surface area contributed by atoms with Gasteiger partial charge in [-0.15, -0.1) is 11.3 Å². The molecule has 122 valence electrons. The molecule has 0 aromatic carbocycles. The highest BCUT2D eigenvalue weighted by Gasteiger charge is 2.24. The van der Waals surface area contributed by atoms with E-state index in [0.29, 0.717) is 5.92 Å². The van der Waals surface area contributed by atoms with Crippen molar-refractivity contribution in [2.45, 2.75) is 46.6 Å². The van der Waals surface area contributed by atoms with Crippen LogP contribution < -0.4 is 10.2 Å². The molecular formula is C16H31N3OS. The smallest absolute Gasteiger partial charge is 0.185 e. The number of nitrogens with one attached hydrogen (secondary N) is 1. The Morgan fingerprint density at radius 2 is 2.00 bits per heavy atom. The molecule has 0 saturated heterocycles. The normalized spacial score (nSPS) is 12.2. The van der Waals surface area contributed by atoms with E-state index < -0.39 is 0 Å². The van der Waals surface area contributed by atoms with Gasteiger partial charge in [-0.2, -0.15) is 0 Å². The van der Waals surface area contributed by atoms with E-state index in [0.717, 1.165) is 31.4 Å². The van der Waals surface area contributed by atoms with Crippen LogP contribution in [0.1, 0.15) is 45.2 Å². The number of likely N-dealkylation sites (N-methyl/N-ethyl adjacent to an activating group) is 1. The molecule has 0 atom stereocenters. The van der Waals surface area contributed by atoms with Crippen LogP contribution in [0.3, 0.4) is 0 Å². The second-order valence-corrected chi connectivity index (χ2v) is 8.02. The Morgan fingerprint density at radius 1 is 1.33 bits per heavy atom. The van der Waals surface area contributed by atoms with Gasteiger partial charge in [0.05, 0.1) is 12.3 Å². The van der Waals surface area contributed by atoms with Gasteiger partial charge in [0.1, 0.15) is 0 Å². The van der Waals surface area contributed by atoms with Crippen molar-refractivity contribution in [1.29, 1.82) is 0 Å². The Balaban J connectivity index is 2.86. The molecule has 1 rings (SSSR count). The van der Waals surface area contributed by atoms with E-state index in [1.165, 1.54) is 10.6 Å². The standard InChI is InChI=1S/C16H31N3OS/c1-12(2)10-17-11-13-14(16(3,4)5)18-15(21-13)19(6)8-9-20-7/h12,17H,8-11H2,1-7H3. The molecule has 0 spiro atoms.